The minimum atomic E-state index is -0.559. The summed E-state index contributed by atoms with van der Waals surface area (Å²) in [7, 11) is 0. The lowest BCUT2D eigenvalue weighted by Gasteiger charge is -2.10. The van der Waals surface area contributed by atoms with Crippen molar-refractivity contribution in [2.45, 2.75) is 6.61 Å². The molecule has 2 aromatic rings. The Morgan fingerprint density at radius 3 is 2.88 bits per heavy atom. The molecule has 0 radical (unpaired) electrons. The topological polar surface area (TPSA) is 63.0 Å². The number of thioether (sulfide) groups is 1. The van der Waals surface area contributed by atoms with Crippen LogP contribution in [0.15, 0.2) is 46.6 Å². The van der Waals surface area contributed by atoms with E-state index in [4.69, 9.17) is 16.3 Å². The van der Waals surface area contributed by atoms with Gasteiger partial charge in [0.2, 0.25) is 5.91 Å². The second kappa shape index (κ2) is 8.29. The normalized spacial score (nSPS) is 15.7. The smallest absolute Gasteiger partial charge is 0.236 e. The maximum absolute atomic E-state index is 13.7. The number of benzene rings is 2. The second-order valence-corrected chi connectivity index (χ2v) is 6.59. The van der Waals surface area contributed by atoms with Crippen molar-refractivity contribution in [3.05, 3.63) is 64.2 Å². The van der Waals surface area contributed by atoms with Crippen molar-refractivity contribution in [1.29, 1.82) is 0 Å². The van der Waals surface area contributed by atoms with Crippen LogP contribution in [0.2, 0.25) is 5.02 Å². The van der Waals surface area contributed by atoms with Crippen LogP contribution >= 0.6 is 23.4 Å². The monoisotopic (exact) mass is 395 g/mol. The lowest BCUT2D eigenvalue weighted by atomic mass is 10.2. The van der Waals surface area contributed by atoms with E-state index in [-0.39, 0.29) is 18.1 Å². The summed E-state index contributed by atoms with van der Waals surface area (Å²) < 4.78 is 32.5. The van der Waals surface area contributed by atoms with Crippen LogP contribution in [0.1, 0.15) is 11.1 Å². The van der Waals surface area contributed by atoms with Crippen LogP contribution in [0.25, 0.3) is 0 Å². The molecule has 0 bridgehead atoms. The van der Waals surface area contributed by atoms with E-state index < -0.39 is 11.6 Å². The summed E-state index contributed by atoms with van der Waals surface area (Å²) in [5.41, 5.74) is 0.598. The minimum absolute atomic E-state index is 0.0909. The zero-order chi connectivity index (χ0) is 18.5. The van der Waals surface area contributed by atoms with E-state index in [1.165, 1.54) is 18.0 Å². The number of nitrogens with one attached hydrogen (secondary N) is 1. The first kappa shape index (κ1) is 18.3. The fraction of sp³-hybridized carbons (Fsp3) is 0.118. The third-order valence-electron chi connectivity index (χ3n) is 3.29. The summed E-state index contributed by atoms with van der Waals surface area (Å²) in [4.78, 5) is 11.1. The highest BCUT2D eigenvalue weighted by molar-refractivity contribution is 8.15. The zero-order valence-corrected chi connectivity index (χ0v) is 14.8. The predicted molar refractivity (Wildman–Crippen MR) is 97.8 cm³/mol. The summed E-state index contributed by atoms with van der Waals surface area (Å²) >= 11 is 7.23. The number of halogens is 3. The van der Waals surface area contributed by atoms with Crippen molar-refractivity contribution >= 4 is 40.7 Å². The van der Waals surface area contributed by atoms with Crippen LogP contribution in [-0.2, 0) is 11.4 Å². The van der Waals surface area contributed by atoms with Gasteiger partial charge in [0.05, 0.1) is 12.0 Å². The first-order valence-electron chi connectivity index (χ1n) is 7.41. The van der Waals surface area contributed by atoms with E-state index in [2.05, 4.69) is 15.5 Å². The number of amidine groups is 1. The van der Waals surface area contributed by atoms with E-state index in [0.29, 0.717) is 27.3 Å². The third kappa shape index (κ3) is 4.80. The van der Waals surface area contributed by atoms with Crippen molar-refractivity contribution in [3.8, 4) is 5.75 Å². The van der Waals surface area contributed by atoms with Crippen LogP contribution in [0.3, 0.4) is 0 Å². The van der Waals surface area contributed by atoms with Crippen molar-refractivity contribution in [2.75, 3.05) is 5.75 Å². The minimum Gasteiger partial charge on any atom is -0.488 e. The Morgan fingerprint density at radius 1 is 1.27 bits per heavy atom. The average molecular weight is 396 g/mol. The van der Waals surface area contributed by atoms with E-state index in [1.54, 1.807) is 18.2 Å². The molecule has 0 spiro atoms. The third-order valence-corrected chi connectivity index (χ3v) is 4.39. The molecule has 1 N–H and O–H groups in total. The molecule has 0 atom stereocenters. The highest BCUT2D eigenvalue weighted by Crippen LogP contribution is 2.23. The first-order chi connectivity index (χ1) is 12.5. The molecule has 2 aromatic carbocycles. The maximum Gasteiger partial charge on any atom is 0.236 e. The molecule has 1 aliphatic heterocycles. The van der Waals surface area contributed by atoms with Gasteiger partial charge in [0, 0.05) is 16.1 Å². The highest BCUT2D eigenvalue weighted by Gasteiger charge is 2.16. The van der Waals surface area contributed by atoms with E-state index in [1.807, 2.05) is 0 Å². The highest BCUT2D eigenvalue weighted by atomic mass is 35.5. The standard InChI is InChI=1S/C17H12ClF2N3O2S/c18-12-1-4-15(25-8-11-6-13(19)2-3-14(11)20)10(5-12)7-21-23-17-22-16(24)9-26-17/h1-7H,8-9H2,(H,22,23,24). The number of rotatable bonds is 5. The lowest BCUT2D eigenvalue weighted by molar-refractivity contribution is -0.116. The Hall–Kier alpha value is -2.45. The van der Waals surface area contributed by atoms with Gasteiger partial charge in [-0.25, -0.2) is 8.78 Å². The molecular formula is C17H12ClF2N3O2S. The second-order valence-electron chi connectivity index (χ2n) is 5.19. The molecule has 0 unspecified atom stereocenters. The zero-order valence-electron chi connectivity index (χ0n) is 13.2. The Balaban J connectivity index is 1.75. The molecule has 1 fully saturated rings. The molecule has 1 saturated heterocycles. The van der Waals surface area contributed by atoms with Gasteiger partial charge in [-0.15, -0.1) is 5.10 Å². The first-order valence-corrected chi connectivity index (χ1v) is 8.77. The predicted octanol–water partition coefficient (Wildman–Crippen LogP) is 3.75. The van der Waals surface area contributed by atoms with Crippen LogP contribution in [-0.4, -0.2) is 23.0 Å². The Kier molecular flexibility index (Phi) is 5.85. The van der Waals surface area contributed by atoms with Gasteiger partial charge in [-0.05, 0) is 36.4 Å². The van der Waals surface area contributed by atoms with Crippen molar-refractivity contribution in [1.82, 2.24) is 5.32 Å². The summed E-state index contributed by atoms with van der Waals surface area (Å²) in [6, 6.07) is 7.96. The number of amides is 1. The van der Waals surface area contributed by atoms with Gasteiger partial charge in [0.1, 0.15) is 24.0 Å². The quantitative estimate of drug-likeness (QED) is 0.619. The number of hydrogen-bond acceptors (Lipinski definition) is 5. The summed E-state index contributed by atoms with van der Waals surface area (Å²) in [6.45, 7) is -0.160. The SMILES string of the molecule is O=C1CSC(=NN=Cc2cc(Cl)ccc2OCc2cc(F)ccc2F)N1. The van der Waals surface area contributed by atoms with Crippen LogP contribution in [0.5, 0.6) is 5.75 Å². The van der Waals surface area contributed by atoms with Crippen LogP contribution in [0.4, 0.5) is 8.78 Å². The van der Waals surface area contributed by atoms with Crippen molar-refractivity contribution in [2.24, 2.45) is 10.2 Å². The summed E-state index contributed by atoms with van der Waals surface area (Å²) in [6.07, 6.45) is 1.40. The molecule has 1 heterocycles. The molecule has 0 saturated carbocycles. The van der Waals surface area contributed by atoms with Gasteiger partial charge >= 0.3 is 0 Å². The average Bonchev–Trinajstić information content (AvgIpc) is 3.02. The molecule has 1 aliphatic rings. The summed E-state index contributed by atoms with van der Waals surface area (Å²) in [5.74, 6) is -0.553. The van der Waals surface area contributed by atoms with Crippen molar-refractivity contribution in [3.63, 3.8) is 0 Å². The number of carbonyl (C=O) groups excluding carboxylic acids is 1. The van der Waals surface area contributed by atoms with Crippen LogP contribution < -0.4 is 10.1 Å². The molecule has 0 aromatic heterocycles. The Bertz CT molecular complexity index is 906. The van der Waals surface area contributed by atoms with Gasteiger partial charge in [0.25, 0.3) is 0 Å². The van der Waals surface area contributed by atoms with Gasteiger partial charge in [-0.2, -0.15) is 5.10 Å². The molecule has 5 nitrogen and oxygen atoms in total. The molecule has 9 heteroatoms. The lowest BCUT2D eigenvalue weighted by Crippen LogP contribution is -2.19. The number of hydrogen-bond donors (Lipinski definition) is 1. The molecule has 1 amide bonds. The molecular weight excluding hydrogens is 384 g/mol. The Labute approximate surface area is 157 Å². The van der Waals surface area contributed by atoms with E-state index in [9.17, 15) is 13.6 Å². The maximum atomic E-state index is 13.7. The van der Waals surface area contributed by atoms with Gasteiger partial charge in [-0.1, -0.05) is 23.4 Å². The molecule has 0 aliphatic carbocycles. The van der Waals surface area contributed by atoms with Crippen LogP contribution in [0, 0.1) is 11.6 Å². The fourth-order valence-electron chi connectivity index (χ4n) is 2.08. The van der Waals surface area contributed by atoms with E-state index >= 15 is 0 Å². The van der Waals surface area contributed by atoms with Crippen molar-refractivity contribution < 1.29 is 18.3 Å². The Morgan fingerprint density at radius 2 is 2.12 bits per heavy atom. The largest absolute Gasteiger partial charge is 0.488 e. The number of ether oxygens (including phenoxy) is 1. The molecule has 3 rings (SSSR count). The fourth-order valence-corrected chi connectivity index (χ4v) is 2.90. The molecule has 26 heavy (non-hydrogen) atoms. The molecule has 134 valence electrons. The van der Waals surface area contributed by atoms with Gasteiger partial charge in [0.15, 0.2) is 5.17 Å². The number of carbonyl (C=O) groups is 1. The summed E-state index contributed by atoms with van der Waals surface area (Å²) in [5, 5.41) is 11.2. The van der Waals surface area contributed by atoms with Gasteiger partial charge in [-0.3, -0.25) is 4.79 Å². The van der Waals surface area contributed by atoms with E-state index in [0.717, 1.165) is 18.2 Å². The van der Waals surface area contributed by atoms with Gasteiger partial charge < -0.3 is 10.1 Å². The number of nitrogens with zero attached hydrogens (tertiary/aromatic N) is 2.